The molecule has 0 aromatic carbocycles. The van der Waals surface area contributed by atoms with Gasteiger partial charge < -0.3 is 9.47 Å². The van der Waals surface area contributed by atoms with Crippen molar-refractivity contribution in [1.29, 1.82) is 5.26 Å². The molecular weight excluding hydrogens is 232 g/mol. The fourth-order valence-corrected chi connectivity index (χ4v) is 1.64. The first kappa shape index (κ1) is 15.3. The molecule has 0 fully saturated rings. The maximum absolute atomic E-state index is 11.3. The molecule has 7 heteroatoms. The maximum atomic E-state index is 11.3. The van der Waals surface area contributed by atoms with Crippen LogP contribution in [-0.4, -0.2) is 47.1 Å². The van der Waals surface area contributed by atoms with Crippen LogP contribution in [0.15, 0.2) is 0 Å². The maximum Gasteiger partial charge on any atom is 0.227 e. The molecule has 0 aromatic heterocycles. The van der Waals surface area contributed by atoms with Crippen molar-refractivity contribution in [2.45, 2.75) is 18.6 Å². The third-order valence-electron chi connectivity index (χ3n) is 1.85. The second kappa shape index (κ2) is 8.47. The monoisotopic (exact) mass is 250 g/mol. The number of hydrogen-bond donors (Lipinski definition) is 1. The van der Waals surface area contributed by atoms with E-state index in [4.69, 9.17) is 14.7 Å². The van der Waals surface area contributed by atoms with Crippen molar-refractivity contribution in [2.24, 2.45) is 0 Å². The number of ether oxygens (including phenoxy) is 2. The fraction of sp³-hybridized carbons (Fsp3) is 0.889. The molecule has 1 unspecified atom stereocenters. The van der Waals surface area contributed by atoms with Crippen LogP contribution in [0.3, 0.4) is 0 Å². The molecule has 6 nitrogen and oxygen atoms in total. The van der Waals surface area contributed by atoms with Crippen molar-refractivity contribution in [3.63, 3.8) is 0 Å². The van der Waals surface area contributed by atoms with Crippen LogP contribution >= 0.6 is 0 Å². The van der Waals surface area contributed by atoms with Crippen molar-refractivity contribution in [3.05, 3.63) is 0 Å². The predicted molar refractivity (Wildman–Crippen MR) is 59.3 cm³/mol. The molecule has 0 aliphatic heterocycles. The summed E-state index contributed by atoms with van der Waals surface area (Å²) in [6.07, 6.45) is 0.571. The topological polar surface area (TPSA) is 88.4 Å². The number of methoxy groups -OCH3 is 1. The lowest BCUT2D eigenvalue weighted by Gasteiger charge is -2.07. The summed E-state index contributed by atoms with van der Waals surface area (Å²) in [6, 6.07) is 1.68. The highest BCUT2D eigenvalue weighted by molar-refractivity contribution is 7.90. The minimum absolute atomic E-state index is 0.279. The summed E-state index contributed by atoms with van der Waals surface area (Å²) < 4.78 is 34.9. The molecule has 0 aromatic rings. The number of nitriles is 1. The lowest BCUT2D eigenvalue weighted by molar-refractivity contribution is 0.0699. The molecule has 0 spiro atoms. The molecule has 0 saturated heterocycles. The number of rotatable bonds is 9. The number of nitrogens with one attached hydrogen (secondary N) is 1. The largest absolute Gasteiger partial charge is 0.382 e. The van der Waals surface area contributed by atoms with Crippen LogP contribution in [0.1, 0.15) is 13.3 Å². The Kier molecular flexibility index (Phi) is 8.11. The van der Waals surface area contributed by atoms with Gasteiger partial charge in [0.15, 0.2) is 5.25 Å². The molecule has 0 saturated carbocycles. The van der Waals surface area contributed by atoms with Crippen LogP contribution < -0.4 is 4.72 Å². The van der Waals surface area contributed by atoms with Gasteiger partial charge in [0.2, 0.25) is 10.0 Å². The Morgan fingerprint density at radius 2 is 2.06 bits per heavy atom. The van der Waals surface area contributed by atoms with E-state index in [1.54, 1.807) is 13.2 Å². The lowest BCUT2D eigenvalue weighted by atomic mass is 10.5. The molecule has 94 valence electrons. The van der Waals surface area contributed by atoms with Crippen molar-refractivity contribution in [2.75, 3.05) is 33.5 Å². The number of hydrogen-bond acceptors (Lipinski definition) is 5. The predicted octanol–water partition coefficient (Wildman–Crippen LogP) is -0.129. The van der Waals surface area contributed by atoms with E-state index in [2.05, 4.69) is 4.72 Å². The molecule has 1 atom stereocenters. The fourth-order valence-electron chi connectivity index (χ4n) is 0.827. The third kappa shape index (κ3) is 6.74. The van der Waals surface area contributed by atoms with E-state index in [-0.39, 0.29) is 6.54 Å². The lowest BCUT2D eigenvalue weighted by Crippen LogP contribution is -2.32. The minimum atomic E-state index is -3.50. The average Bonchev–Trinajstić information content (AvgIpc) is 2.26. The van der Waals surface area contributed by atoms with Crippen LogP contribution in [0.5, 0.6) is 0 Å². The first-order valence-electron chi connectivity index (χ1n) is 4.99. The second-order valence-electron chi connectivity index (χ2n) is 3.17. The molecule has 0 bridgehead atoms. The smallest absolute Gasteiger partial charge is 0.227 e. The Labute approximate surface area is 96.6 Å². The highest BCUT2D eigenvalue weighted by Gasteiger charge is 2.18. The van der Waals surface area contributed by atoms with Gasteiger partial charge in [-0.2, -0.15) is 5.26 Å². The molecular formula is C9H18N2O4S. The van der Waals surface area contributed by atoms with Gasteiger partial charge in [-0.15, -0.1) is 0 Å². The normalized spacial score (nSPS) is 13.3. The zero-order valence-corrected chi connectivity index (χ0v) is 10.4. The summed E-state index contributed by atoms with van der Waals surface area (Å²) in [7, 11) is -1.92. The third-order valence-corrected chi connectivity index (χ3v) is 3.49. The first-order valence-corrected chi connectivity index (χ1v) is 6.54. The van der Waals surface area contributed by atoms with Gasteiger partial charge in [-0.05, 0) is 13.3 Å². The Bertz CT molecular complexity index is 310. The van der Waals surface area contributed by atoms with Gasteiger partial charge in [0, 0.05) is 20.3 Å². The standard InChI is InChI=1S/C9H18N2O4S/c1-9(8-10)16(12,13)11-4-3-5-15-7-6-14-2/h9,11H,3-7H2,1-2H3. The first-order chi connectivity index (χ1) is 7.54. The van der Waals surface area contributed by atoms with E-state index in [1.807, 2.05) is 0 Å². The summed E-state index contributed by atoms with van der Waals surface area (Å²) in [5.41, 5.74) is 0. The second-order valence-corrected chi connectivity index (χ2v) is 5.26. The van der Waals surface area contributed by atoms with E-state index in [1.165, 1.54) is 6.92 Å². The number of sulfonamides is 1. The van der Waals surface area contributed by atoms with Gasteiger partial charge in [-0.1, -0.05) is 0 Å². The van der Waals surface area contributed by atoms with E-state index < -0.39 is 15.3 Å². The van der Waals surface area contributed by atoms with Crippen LogP contribution in [0, 0.1) is 11.3 Å². The Morgan fingerprint density at radius 1 is 1.38 bits per heavy atom. The van der Waals surface area contributed by atoms with Crippen LogP contribution in [0.4, 0.5) is 0 Å². The summed E-state index contributed by atoms with van der Waals surface area (Å²) in [6.45, 7) is 3.11. The van der Waals surface area contributed by atoms with Gasteiger partial charge in [0.05, 0.1) is 19.3 Å². The van der Waals surface area contributed by atoms with Gasteiger partial charge in [0.25, 0.3) is 0 Å². The minimum Gasteiger partial charge on any atom is -0.382 e. The molecule has 0 heterocycles. The van der Waals surface area contributed by atoms with E-state index in [0.29, 0.717) is 26.2 Å². The molecule has 0 aliphatic rings. The molecule has 0 radical (unpaired) electrons. The Morgan fingerprint density at radius 3 is 2.62 bits per heavy atom. The van der Waals surface area contributed by atoms with Crippen LogP contribution in [0.25, 0.3) is 0 Å². The summed E-state index contributed by atoms with van der Waals surface area (Å²) >= 11 is 0. The highest BCUT2D eigenvalue weighted by Crippen LogP contribution is 1.95. The van der Waals surface area contributed by atoms with E-state index in [0.717, 1.165) is 0 Å². The molecule has 0 aliphatic carbocycles. The average molecular weight is 250 g/mol. The molecule has 16 heavy (non-hydrogen) atoms. The Balaban J connectivity index is 3.56. The summed E-state index contributed by atoms with van der Waals surface area (Å²) in [4.78, 5) is 0. The SMILES string of the molecule is COCCOCCCNS(=O)(=O)C(C)C#N. The number of nitrogens with zero attached hydrogens (tertiary/aromatic N) is 1. The zero-order valence-electron chi connectivity index (χ0n) is 9.60. The van der Waals surface area contributed by atoms with Crippen LogP contribution in [0.2, 0.25) is 0 Å². The van der Waals surface area contributed by atoms with Gasteiger partial charge in [0.1, 0.15) is 0 Å². The van der Waals surface area contributed by atoms with Gasteiger partial charge >= 0.3 is 0 Å². The van der Waals surface area contributed by atoms with Gasteiger partial charge in [-0.3, -0.25) is 0 Å². The van der Waals surface area contributed by atoms with E-state index >= 15 is 0 Å². The molecule has 0 amide bonds. The summed E-state index contributed by atoms with van der Waals surface area (Å²) in [5, 5.41) is 7.44. The van der Waals surface area contributed by atoms with Gasteiger partial charge in [-0.25, -0.2) is 13.1 Å². The van der Waals surface area contributed by atoms with Crippen molar-refractivity contribution >= 4 is 10.0 Å². The van der Waals surface area contributed by atoms with Crippen molar-refractivity contribution in [1.82, 2.24) is 4.72 Å². The summed E-state index contributed by atoms with van der Waals surface area (Å²) in [5.74, 6) is 0. The van der Waals surface area contributed by atoms with Crippen LogP contribution in [-0.2, 0) is 19.5 Å². The Hall–Kier alpha value is -0.680. The van der Waals surface area contributed by atoms with Crippen molar-refractivity contribution in [3.8, 4) is 6.07 Å². The molecule has 0 rings (SSSR count). The molecule has 1 N–H and O–H groups in total. The van der Waals surface area contributed by atoms with Crippen molar-refractivity contribution < 1.29 is 17.9 Å². The highest BCUT2D eigenvalue weighted by atomic mass is 32.2. The van der Waals surface area contributed by atoms with E-state index in [9.17, 15) is 8.42 Å². The zero-order chi connectivity index (χ0) is 12.4. The quantitative estimate of drug-likeness (QED) is 0.576.